The monoisotopic (exact) mass is 296 g/mol. The maximum atomic E-state index is 6.11. The first-order chi connectivity index (χ1) is 9.08. The van der Waals surface area contributed by atoms with Crippen molar-refractivity contribution in [3.63, 3.8) is 0 Å². The van der Waals surface area contributed by atoms with Gasteiger partial charge in [-0.15, -0.1) is 0 Å². The quantitative estimate of drug-likeness (QED) is 0.785. The molecule has 1 fully saturated rings. The summed E-state index contributed by atoms with van der Waals surface area (Å²) >= 11 is 11.5. The van der Waals surface area contributed by atoms with Crippen LogP contribution in [0.3, 0.4) is 0 Å². The molecule has 0 saturated heterocycles. The van der Waals surface area contributed by atoms with Crippen LogP contribution >= 0.6 is 23.8 Å². The molecule has 1 aromatic carbocycles. The molecule has 0 unspecified atom stereocenters. The minimum atomic E-state index is 0.494. The number of hydrogen-bond donors (Lipinski definition) is 2. The smallest absolute Gasteiger partial charge is 0.171 e. The number of nitrogens with one attached hydrogen (secondary N) is 2. The third kappa shape index (κ3) is 3.83. The highest BCUT2D eigenvalue weighted by atomic mass is 35.5. The van der Waals surface area contributed by atoms with Gasteiger partial charge in [-0.2, -0.15) is 0 Å². The molecule has 2 N–H and O–H groups in total. The normalized spacial score (nSPS) is 22.9. The summed E-state index contributed by atoms with van der Waals surface area (Å²) in [4.78, 5) is 0. The van der Waals surface area contributed by atoms with Crippen LogP contribution in [0.1, 0.15) is 38.2 Å². The van der Waals surface area contributed by atoms with Crippen LogP contribution in [0.2, 0.25) is 5.02 Å². The molecule has 2 atom stereocenters. The number of benzene rings is 1. The lowest BCUT2D eigenvalue weighted by atomic mass is 9.86. The zero-order chi connectivity index (χ0) is 13.8. The van der Waals surface area contributed by atoms with Crippen LogP contribution in [0.25, 0.3) is 0 Å². The van der Waals surface area contributed by atoms with Gasteiger partial charge in [0, 0.05) is 16.8 Å². The maximum Gasteiger partial charge on any atom is 0.171 e. The molecule has 2 nitrogen and oxygen atoms in total. The van der Waals surface area contributed by atoms with E-state index in [1.165, 1.54) is 25.7 Å². The molecule has 4 heteroatoms. The predicted octanol–water partition coefficient (Wildman–Crippen LogP) is 4.51. The molecule has 0 radical (unpaired) electrons. The van der Waals surface area contributed by atoms with E-state index in [4.69, 9.17) is 23.8 Å². The largest absolute Gasteiger partial charge is 0.359 e. The summed E-state index contributed by atoms with van der Waals surface area (Å²) in [6, 6.07) is 6.32. The first-order valence-corrected chi connectivity index (χ1v) is 7.69. The minimum absolute atomic E-state index is 0.494. The van der Waals surface area contributed by atoms with Crippen molar-refractivity contribution in [2.45, 2.75) is 45.6 Å². The Morgan fingerprint density at radius 1 is 1.32 bits per heavy atom. The Morgan fingerprint density at radius 3 is 2.79 bits per heavy atom. The Balaban J connectivity index is 1.95. The highest BCUT2D eigenvalue weighted by Crippen LogP contribution is 2.25. The average molecular weight is 297 g/mol. The number of rotatable bonds is 2. The van der Waals surface area contributed by atoms with Crippen LogP contribution in [-0.2, 0) is 0 Å². The number of anilines is 1. The Morgan fingerprint density at radius 2 is 2.05 bits per heavy atom. The van der Waals surface area contributed by atoms with Crippen molar-refractivity contribution in [2.75, 3.05) is 5.32 Å². The van der Waals surface area contributed by atoms with Gasteiger partial charge in [0.05, 0.1) is 0 Å². The fourth-order valence-corrected chi connectivity index (χ4v) is 3.04. The molecule has 0 amide bonds. The van der Waals surface area contributed by atoms with Gasteiger partial charge in [-0.1, -0.05) is 37.4 Å². The summed E-state index contributed by atoms with van der Waals surface area (Å²) in [6.45, 7) is 4.29. The van der Waals surface area contributed by atoms with Gasteiger partial charge in [-0.25, -0.2) is 0 Å². The highest BCUT2D eigenvalue weighted by molar-refractivity contribution is 7.80. The molecule has 0 spiro atoms. The number of thiocarbonyl (C=S) groups is 1. The Bertz CT molecular complexity index is 461. The van der Waals surface area contributed by atoms with E-state index in [2.05, 4.69) is 17.6 Å². The summed E-state index contributed by atoms with van der Waals surface area (Å²) in [5.41, 5.74) is 2.01. The molecule has 0 aromatic heterocycles. The summed E-state index contributed by atoms with van der Waals surface area (Å²) in [7, 11) is 0. The maximum absolute atomic E-state index is 6.11. The number of hydrogen-bond acceptors (Lipinski definition) is 1. The first kappa shape index (κ1) is 14.6. The van der Waals surface area contributed by atoms with Crippen LogP contribution in [0, 0.1) is 12.8 Å². The molecule has 2 rings (SSSR count). The van der Waals surface area contributed by atoms with E-state index in [-0.39, 0.29) is 0 Å². The van der Waals surface area contributed by atoms with Gasteiger partial charge in [0.25, 0.3) is 0 Å². The van der Waals surface area contributed by atoms with Crippen molar-refractivity contribution < 1.29 is 0 Å². The Kier molecular flexibility index (Phi) is 5.06. The van der Waals surface area contributed by atoms with Crippen molar-refractivity contribution in [3.8, 4) is 0 Å². The van der Waals surface area contributed by atoms with E-state index in [0.29, 0.717) is 17.1 Å². The zero-order valence-corrected chi connectivity index (χ0v) is 13.1. The molecule has 0 heterocycles. The second-order valence-electron chi connectivity index (χ2n) is 5.38. The van der Waals surface area contributed by atoms with E-state index >= 15 is 0 Å². The lowest BCUT2D eigenvalue weighted by Crippen LogP contribution is -2.43. The third-order valence-corrected chi connectivity index (χ3v) is 4.57. The van der Waals surface area contributed by atoms with E-state index < -0.39 is 0 Å². The van der Waals surface area contributed by atoms with Crippen LogP contribution in [0.5, 0.6) is 0 Å². The van der Waals surface area contributed by atoms with Gasteiger partial charge in [0.15, 0.2) is 5.11 Å². The number of halogens is 1. The summed E-state index contributed by atoms with van der Waals surface area (Å²) in [6.07, 6.45) is 5.13. The lowest BCUT2D eigenvalue weighted by molar-refractivity contribution is 0.309. The fourth-order valence-electron chi connectivity index (χ4n) is 2.60. The minimum Gasteiger partial charge on any atom is -0.359 e. The first-order valence-electron chi connectivity index (χ1n) is 6.90. The van der Waals surface area contributed by atoms with Gasteiger partial charge in [0.2, 0.25) is 0 Å². The van der Waals surface area contributed by atoms with Gasteiger partial charge in [0.1, 0.15) is 0 Å². The van der Waals surface area contributed by atoms with Crippen molar-refractivity contribution >= 4 is 34.6 Å². The van der Waals surface area contributed by atoms with Crippen molar-refractivity contribution in [1.29, 1.82) is 0 Å². The second-order valence-corrected chi connectivity index (χ2v) is 6.19. The predicted molar refractivity (Wildman–Crippen MR) is 87.0 cm³/mol. The Hall–Kier alpha value is -0.800. The van der Waals surface area contributed by atoms with Crippen molar-refractivity contribution in [3.05, 3.63) is 28.8 Å². The van der Waals surface area contributed by atoms with Crippen LogP contribution < -0.4 is 10.6 Å². The lowest BCUT2D eigenvalue weighted by Gasteiger charge is -2.30. The van der Waals surface area contributed by atoms with Crippen molar-refractivity contribution in [1.82, 2.24) is 5.32 Å². The molecule has 0 aliphatic heterocycles. The fraction of sp³-hybridized carbons (Fsp3) is 0.533. The molecule has 19 heavy (non-hydrogen) atoms. The van der Waals surface area contributed by atoms with Gasteiger partial charge < -0.3 is 10.6 Å². The second kappa shape index (κ2) is 6.58. The van der Waals surface area contributed by atoms with Crippen LogP contribution in [0.15, 0.2) is 18.2 Å². The summed E-state index contributed by atoms with van der Waals surface area (Å²) in [5, 5.41) is 8.16. The van der Waals surface area contributed by atoms with Gasteiger partial charge in [-0.05, 0) is 55.6 Å². The van der Waals surface area contributed by atoms with Gasteiger partial charge >= 0.3 is 0 Å². The van der Waals surface area contributed by atoms with E-state index in [1.54, 1.807) is 0 Å². The molecular formula is C15H21ClN2S. The molecule has 1 aromatic rings. The zero-order valence-electron chi connectivity index (χ0n) is 11.5. The highest BCUT2D eigenvalue weighted by Gasteiger charge is 2.21. The van der Waals surface area contributed by atoms with Gasteiger partial charge in [-0.3, -0.25) is 0 Å². The van der Waals surface area contributed by atoms with Crippen LogP contribution in [-0.4, -0.2) is 11.2 Å². The molecule has 1 aliphatic rings. The molecular weight excluding hydrogens is 276 g/mol. The standard InChI is InChI=1S/C15H21ClN2S/c1-10-6-3-4-8-13(10)17-15(19)18-14-9-5-7-12(16)11(14)2/h5,7,9-10,13H,3-4,6,8H2,1-2H3,(H2,17,18,19)/t10-,13-/m1/s1. The third-order valence-electron chi connectivity index (χ3n) is 3.94. The molecule has 1 aliphatic carbocycles. The van der Waals surface area contributed by atoms with E-state index in [0.717, 1.165) is 16.3 Å². The molecule has 104 valence electrons. The SMILES string of the molecule is Cc1c(Cl)cccc1NC(=S)N[C@@H]1CCCC[C@H]1C. The average Bonchev–Trinajstić information content (AvgIpc) is 2.38. The Labute approximate surface area is 125 Å². The topological polar surface area (TPSA) is 24.1 Å². The molecule has 1 saturated carbocycles. The van der Waals surface area contributed by atoms with Crippen molar-refractivity contribution in [2.24, 2.45) is 5.92 Å². The molecule has 0 bridgehead atoms. The van der Waals surface area contributed by atoms with E-state index in [1.807, 2.05) is 25.1 Å². The summed E-state index contributed by atoms with van der Waals surface area (Å²) < 4.78 is 0. The summed E-state index contributed by atoms with van der Waals surface area (Å²) in [5.74, 6) is 0.689. The van der Waals surface area contributed by atoms with E-state index in [9.17, 15) is 0 Å². The van der Waals surface area contributed by atoms with Crippen LogP contribution in [0.4, 0.5) is 5.69 Å².